The molecular formula is C13H21N5O2. The van der Waals surface area contributed by atoms with Gasteiger partial charge in [-0.2, -0.15) is 0 Å². The van der Waals surface area contributed by atoms with E-state index in [1.807, 2.05) is 20.9 Å². The fourth-order valence-corrected chi connectivity index (χ4v) is 2.46. The SMILES string of the molecule is CCc1nc2c(c(=O)n(CCCN)c(=O)n2CC)n1C. The fraction of sp³-hybridized carbons (Fsp3) is 0.615. The van der Waals surface area contributed by atoms with Crippen LogP contribution in [0.3, 0.4) is 0 Å². The van der Waals surface area contributed by atoms with Crippen molar-refractivity contribution in [3.63, 3.8) is 0 Å². The van der Waals surface area contributed by atoms with E-state index in [4.69, 9.17) is 5.73 Å². The van der Waals surface area contributed by atoms with Gasteiger partial charge in [0.25, 0.3) is 5.56 Å². The second-order valence-corrected chi connectivity index (χ2v) is 4.74. The Balaban J connectivity index is 2.86. The second-order valence-electron chi connectivity index (χ2n) is 4.74. The van der Waals surface area contributed by atoms with E-state index in [-0.39, 0.29) is 11.2 Å². The predicted octanol–water partition coefficient (Wildman–Crippen LogP) is -0.172. The first-order valence-corrected chi connectivity index (χ1v) is 6.95. The summed E-state index contributed by atoms with van der Waals surface area (Å²) in [5.74, 6) is 0.801. The molecule has 0 aliphatic rings. The molecule has 7 nitrogen and oxygen atoms in total. The van der Waals surface area contributed by atoms with Gasteiger partial charge in [-0.25, -0.2) is 9.78 Å². The summed E-state index contributed by atoms with van der Waals surface area (Å²) in [7, 11) is 1.81. The summed E-state index contributed by atoms with van der Waals surface area (Å²) >= 11 is 0. The number of fused-ring (bicyclic) bond motifs is 1. The molecule has 2 aromatic rings. The van der Waals surface area contributed by atoms with Gasteiger partial charge in [0, 0.05) is 26.6 Å². The van der Waals surface area contributed by atoms with Crippen LogP contribution in [-0.2, 0) is 26.6 Å². The van der Waals surface area contributed by atoms with E-state index in [9.17, 15) is 9.59 Å². The third-order valence-corrected chi connectivity index (χ3v) is 3.55. The predicted molar refractivity (Wildman–Crippen MR) is 78.0 cm³/mol. The number of hydrogen-bond acceptors (Lipinski definition) is 4. The van der Waals surface area contributed by atoms with Gasteiger partial charge in [-0.05, 0) is 19.9 Å². The largest absolute Gasteiger partial charge is 0.332 e. The Labute approximate surface area is 116 Å². The monoisotopic (exact) mass is 279 g/mol. The van der Waals surface area contributed by atoms with E-state index in [1.165, 1.54) is 4.57 Å². The summed E-state index contributed by atoms with van der Waals surface area (Å²) in [4.78, 5) is 29.3. The first-order valence-electron chi connectivity index (χ1n) is 6.95. The van der Waals surface area contributed by atoms with Crippen molar-refractivity contribution < 1.29 is 0 Å². The van der Waals surface area contributed by atoms with Crippen molar-refractivity contribution in [2.45, 2.75) is 39.8 Å². The van der Waals surface area contributed by atoms with Gasteiger partial charge in [0.2, 0.25) is 0 Å². The average molecular weight is 279 g/mol. The molecular weight excluding hydrogens is 258 g/mol. The van der Waals surface area contributed by atoms with Crippen molar-refractivity contribution in [2.24, 2.45) is 12.8 Å². The summed E-state index contributed by atoms with van der Waals surface area (Å²) in [6.07, 6.45) is 1.31. The Morgan fingerprint density at radius 2 is 1.90 bits per heavy atom. The van der Waals surface area contributed by atoms with E-state index in [0.717, 1.165) is 5.82 Å². The van der Waals surface area contributed by atoms with Crippen LogP contribution in [0.4, 0.5) is 0 Å². The number of imidazole rings is 1. The molecule has 2 heterocycles. The summed E-state index contributed by atoms with van der Waals surface area (Å²) in [6.45, 7) is 5.12. The van der Waals surface area contributed by atoms with Crippen molar-refractivity contribution in [1.82, 2.24) is 18.7 Å². The van der Waals surface area contributed by atoms with Crippen LogP contribution in [0.1, 0.15) is 26.1 Å². The van der Waals surface area contributed by atoms with Crippen LogP contribution in [0.15, 0.2) is 9.59 Å². The molecule has 0 bridgehead atoms. The van der Waals surface area contributed by atoms with Gasteiger partial charge in [0.05, 0.1) is 0 Å². The van der Waals surface area contributed by atoms with Crippen LogP contribution in [0.2, 0.25) is 0 Å². The van der Waals surface area contributed by atoms with E-state index in [1.54, 1.807) is 9.13 Å². The number of rotatable bonds is 5. The van der Waals surface area contributed by atoms with Crippen molar-refractivity contribution >= 4 is 11.2 Å². The zero-order valence-corrected chi connectivity index (χ0v) is 12.2. The van der Waals surface area contributed by atoms with Crippen LogP contribution in [-0.4, -0.2) is 25.2 Å². The second kappa shape index (κ2) is 5.62. The molecule has 0 aromatic carbocycles. The van der Waals surface area contributed by atoms with Crippen molar-refractivity contribution in [3.8, 4) is 0 Å². The molecule has 2 aromatic heterocycles. The van der Waals surface area contributed by atoms with Gasteiger partial charge >= 0.3 is 5.69 Å². The van der Waals surface area contributed by atoms with Gasteiger partial charge in [0.1, 0.15) is 5.82 Å². The van der Waals surface area contributed by atoms with Crippen LogP contribution in [0.25, 0.3) is 11.2 Å². The lowest BCUT2D eigenvalue weighted by Gasteiger charge is -2.09. The average Bonchev–Trinajstić information content (AvgIpc) is 2.76. The highest BCUT2D eigenvalue weighted by atomic mass is 16.2. The van der Waals surface area contributed by atoms with E-state index >= 15 is 0 Å². The minimum atomic E-state index is -0.306. The number of hydrogen-bond donors (Lipinski definition) is 1. The van der Waals surface area contributed by atoms with E-state index in [0.29, 0.717) is 43.6 Å². The van der Waals surface area contributed by atoms with Gasteiger partial charge in [0.15, 0.2) is 11.2 Å². The molecule has 0 saturated heterocycles. The maximum Gasteiger partial charge on any atom is 0.332 e. The molecule has 0 radical (unpaired) electrons. The molecule has 7 heteroatoms. The van der Waals surface area contributed by atoms with Crippen molar-refractivity contribution in [2.75, 3.05) is 6.54 Å². The smallest absolute Gasteiger partial charge is 0.330 e. The van der Waals surface area contributed by atoms with E-state index in [2.05, 4.69) is 4.98 Å². The van der Waals surface area contributed by atoms with Crippen LogP contribution >= 0.6 is 0 Å². The molecule has 0 saturated carbocycles. The number of aromatic nitrogens is 4. The summed E-state index contributed by atoms with van der Waals surface area (Å²) < 4.78 is 4.59. The standard InChI is InChI=1S/C13H21N5O2/c1-4-9-15-11-10(16(9)3)12(19)18(8-6-7-14)13(20)17(11)5-2/h4-8,14H2,1-3H3. The van der Waals surface area contributed by atoms with E-state index < -0.39 is 0 Å². The highest BCUT2D eigenvalue weighted by molar-refractivity contribution is 5.71. The lowest BCUT2D eigenvalue weighted by molar-refractivity contribution is 0.560. The minimum Gasteiger partial charge on any atom is -0.330 e. The summed E-state index contributed by atoms with van der Waals surface area (Å²) in [6, 6.07) is 0. The Morgan fingerprint density at radius 1 is 1.20 bits per heavy atom. The number of nitrogens with two attached hydrogens (primary N) is 1. The highest BCUT2D eigenvalue weighted by Crippen LogP contribution is 2.10. The quantitative estimate of drug-likeness (QED) is 0.823. The Bertz CT molecular complexity index is 738. The zero-order valence-electron chi connectivity index (χ0n) is 12.2. The molecule has 2 N–H and O–H groups in total. The lowest BCUT2D eigenvalue weighted by atomic mass is 10.4. The Kier molecular flexibility index (Phi) is 4.08. The first kappa shape index (κ1) is 14.5. The molecule has 0 aliphatic carbocycles. The van der Waals surface area contributed by atoms with Gasteiger partial charge in [-0.15, -0.1) is 0 Å². The molecule has 110 valence electrons. The third kappa shape index (κ3) is 2.07. The topological polar surface area (TPSA) is 87.8 Å². The normalized spacial score (nSPS) is 11.4. The third-order valence-electron chi connectivity index (χ3n) is 3.55. The van der Waals surface area contributed by atoms with Gasteiger partial charge < -0.3 is 10.3 Å². The van der Waals surface area contributed by atoms with Crippen molar-refractivity contribution in [3.05, 3.63) is 26.7 Å². The molecule has 0 spiro atoms. The maximum absolute atomic E-state index is 12.5. The molecule has 0 aliphatic heterocycles. The maximum atomic E-state index is 12.5. The molecule has 2 rings (SSSR count). The van der Waals surface area contributed by atoms with Crippen LogP contribution in [0.5, 0.6) is 0 Å². The molecule has 20 heavy (non-hydrogen) atoms. The first-order chi connectivity index (χ1) is 9.56. The molecule has 0 unspecified atom stereocenters. The van der Waals surface area contributed by atoms with Crippen LogP contribution < -0.4 is 17.0 Å². The summed E-state index contributed by atoms with van der Waals surface area (Å²) in [5, 5.41) is 0. The van der Waals surface area contributed by atoms with Gasteiger partial charge in [-0.3, -0.25) is 13.9 Å². The number of aryl methyl sites for hydroxylation is 3. The highest BCUT2D eigenvalue weighted by Gasteiger charge is 2.18. The summed E-state index contributed by atoms with van der Waals surface area (Å²) in [5.41, 5.74) is 5.85. The van der Waals surface area contributed by atoms with Crippen LogP contribution in [0, 0.1) is 0 Å². The lowest BCUT2D eigenvalue weighted by Crippen LogP contribution is -2.40. The Morgan fingerprint density at radius 3 is 2.45 bits per heavy atom. The molecule has 0 amide bonds. The fourth-order valence-electron chi connectivity index (χ4n) is 2.46. The molecule has 0 atom stereocenters. The van der Waals surface area contributed by atoms with Crippen molar-refractivity contribution in [1.29, 1.82) is 0 Å². The zero-order chi connectivity index (χ0) is 14.9. The van der Waals surface area contributed by atoms with Gasteiger partial charge in [-0.1, -0.05) is 6.92 Å². The molecule has 0 fully saturated rings. The minimum absolute atomic E-state index is 0.280. The number of nitrogens with zero attached hydrogens (tertiary/aromatic N) is 4. The Hall–Kier alpha value is -1.89.